The summed E-state index contributed by atoms with van der Waals surface area (Å²) in [6, 6.07) is 6.10. The lowest BCUT2D eigenvalue weighted by Gasteiger charge is -2.07. The lowest BCUT2D eigenvalue weighted by Crippen LogP contribution is -2.06. The molecule has 0 fully saturated rings. The largest absolute Gasteiger partial charge is 0.494 e. The van der Waals surface area contributed by atoms with Crippen molar-refractivity contribution in [1.82, 2.24) is 0 Å². The Hall–Kier alpha value is -1.16. The fourth-order valence-corrected chi connectivity index (χ4v) is 1.72. The molecule has 0 spiro atoms. The molecule has 4 heteroatoms. The average Bonchev–Trinajstić information content (AvgIpc) is 2.22. The topological polar surface area (TPSA) is 59.1 Å². The van der Waals surface area contributed by atoms with E-state index >= 15 is 0 Å². The van der Waals surface area contributed by atoms with Gasteiger partial charge in [-0.15, -0.1) is 0 Å². The number of nitrogens with one attached hydrogen (secondary N) is 1. The molecule has 0 heterocycles. The fourth-order valence-electron chi connectivity index (χ4n) is 1.23. The summed E-state index contributed by atoms with van der Waals surface area (Å²) in [5, 5.41) is 7.22. The zero-order chi connectivity index (χ0) is 12.0. The molecular formula is C12H18N2OS. The van der Waals surface area contributed by atoms with Gasteiger partial charge in [-0.2, -0.15) is 0 Å². The minimum atomic E-state index is 0.172. The van der Waals surface area contributed by atoms with Crippen LogP contribution in [0.25, 0.3) is 0 Å². The van der Waals surface area contributed by atoms with Crippen LogP contribution in [0.3, 0.4) is 0 Å². The fraction of sp³-hybridized carbons (Fsp3) is 0.417. The molecule has 16 heavy (non-hydrogen) atoms. The number of rotatable bonds is 5. The van der Waals surface area contributed by atoms with Gasteiger partial charge in [-0.3, -0.25) is 5.41 Å². The first kappa shape index (κ1) is 12.9. The third-order valence-electron chi connectivity index (χ3n) is 2.29. The summed E-state index contributed by atoms with van der Waals surface area (Å²) in [5.41, 5.74) is 7.75. The summed E-state index contributed by atoms with van der Waals surface area (Å²) in [7, 11) is 0. The molecule has 0 saturated heterocycles. The van der Waals surface area contributed by atoms with Gasteiger partial charge in [0.25, 0.3) is 0 Å². The first-order chi connectivity index (χ1) is 7.59. The van der Waals surface area contributed by atoms with E-state index in [-0.39, 0.29) is 5.17 Å². The maximum Gasteiger partial charge on any atom is 0.151 e. The Bertz CT molecular complexity index is 366. The molecule has 0 aliphatic heterocycles. The highest BCUT2D eigenvalue weighted by molar-refractivity contribution is 8.13. The van der Waals surface area contributed by atoms with Gasteiger partial charge in [0.1, 0.15) is 5.75 Å². The predicted octanol–water partition coefficient (Wildman–Crippen LogP) is 2.70. The molecule has 0 aliphatic carbocycles. The SMILES string of the molecule is Cc1ccc(OCCCSC(=N)N)cc1C. The Morgan fingerprint density at radius 2 is 2.12 bits per heavy atom. The third kappa shape index (κ3) is 4.57. The molecule has 0 atom stereocenters. The van der Waals surface area contributed by atoms with Crippen LogP contribution in [-0.4, -0.2) is 17.5 Å². The van der Waals surface area contributed by atoms with E-state index in [0.29, 0.717) is 6.61 Å². The molecule has 0 unspecified atom stereocenters. The predicted molar refractivity (Wildman–Crippen MR) is 70.4 cm³/mol. The van der Waals surface area contributed by atoms with Crippen LogP contribution in [0.4, 0.5) is 0 Å². The van der Waals surface area contributed by atoms with Crippen LogP contribution >= 0.6 is 11.8 Å². The lowest BCUT2D eigenvalue weighted by atomic mass is 10.1. The van der Waals surface area contributed by atoms with Crippen LogP contribution in [0.2, 0.25) is 0 Å². The van der Waals surface area contributed by atoms with Gasteiger partial charge in [-0.1, -0.05) is 17.8 Å². The Labute approximate surface area is 101 Å². The molecule has 88 valence electrons. The number of ether oxygens (including phenoxy) is 1. The standard InChI is InChI=1S/C12H18N2OS/c1-9-4-5-11(8-10(9)2)15-6-3-7-16-12(13)14/h4-5,8H,3,6-7H2,1-2H3,(H3,13,14). The smallest absolute Gasteiger partial charge is 0.151 e. The second-order valence-corrected chi connectivity index (χ2v) is 4.80. The molecule has 1 aromatic rings. The van der Waals surface area contributed by atoms with Gasteiger partial charge >= 0.3 is 0 Å². The highest BCUT2D eigenvalue weighted by atomic mass is 32.2. The van der Waals surface area contributed by atoms with E-state index in [1.165, 1.54) is 22.9 Å². The highest BCUT2D eigenvalue weighted by Gasteiger charge is 1.97. The zero-order valence-corrected chi connectivity index (χ0v) is 10.6. The molecule has 0 saturated carbocycles. The number of thioether (sulfide) groups is 1. The second kappa shape index (κ2) is 6.43. The normalized spacial score (nSPS) is 10.1. The van der Waals surface area contributed by atoms with E-state index in [9.17, 15) is 0 Å². The molecular weight excluding hydrogens is 220 g/mol. The number of hydrogen-bond donors (Lipinski definition) is 2. The van der Waals surface area contributed by atoms with E-state index in [2.05, 4.69) is 19.9 Å². The van der Waals surface area contributed by atoms with Crippen molar-refractivity contribution in [2.45, 2.75) is 20.3 Å². The van der Waals surface area contributed by atoms with E-state index < -0.39 is 0 Å². The summed E-state index contributed by atoms with van der Waals surface area (Å²) < 4.78 is 5.60. The molecule has 3 nitrogen and oxygen atoms in total. The van der Waals surface area contributed by atoms with Crippen LogP contribution in [0.5, 0.6) is 5.75 Å². The first-order valence-corrected chi connectivity index (χ1v) is 6.25. The number of nitrogens with two attached hydrogens (primary N) is 1. The Balaban J connectivity index is 2.27. The molecule has 3 N–H and O–H groups in total. The van der Waals surface area contributed by atoms with Crippen molar-refractivity contribution in [3.05, 3.63) is 29.3 Å². The van der Waals surface area contributed by atoms with Gasteiger partial charge in [0.2, 0.25) is 0 Å². The molecule has 0 radical (unpaired) electrons. The van der Waals surface area contributed by atoms with Gasteiger partial charge in [0.05, 0.1) is 6.61 Å². The van der Waals surface area contributed by atoms with Crippen molar-refractivity contribution in [3.63, 3.8) is 0 Å². The van der Waals surface area contributed by atoms with Gasteiger partial charge in [0.15, 0.2) is 5.17 Å². The quantitative estimate of drug-likeness (QED) is 0.471. The Morgan fingerprint density at radius 1 is 1.38 bits per heavy atom. The van der Waals surface area contributed by atoms with Crippen molar-refractivity contribution in [3.8, 4) is 5.75 Å². The molecule has 0 aromatic heterocycles. The molecule has 0 amide bonds. The number of aryl methyl sites for hydroxylation is 2. The van der Waals surface area contributed by atoms with Crippen LogP contribution in [-0.2, 0) is 0 Å². The van der Waals surface area contributed by atoms with Gasteiger partial charge in [-0.05, 0) is 43.5 Å². The van der Waals surface area contributed by atoms with Gasteiger partial charge in [0, 0.05) is 5.75 Å². The monoisotopic (exact) mass is 238 g/mol. The lowest BCUT2D eigenvalue weighted by molar-refractivity contribution is 0.318. The highest BCUT2D eigenvalue weighted by Crippen LogP contribution is 2.16. The molecule has 1 rings (SSSR count). The van der Waals surface area contributed by atoms with E-state index in [4.69, 9.17) is 15.9 Å². The van der Waals surface area contributed by atoms with Crippen molar-refractivity contribution in [1.29, 1.82) is 5.41 Å². The Morgan fingerprint density at radius 3 is 2.75 bits per heavy atom. The minimum Gasteiger partial charge on any atom is -0.494 e. The minimum absolute atomic E-state index is 0.172. The first-order valence-electron chi connectivity index (χ1n) is 5.26. The summed E-state index contributed by atoms with van der Waals surface area (Å²) in [6.45, 7) is 4.83. The summed E-state index contributed by atoms with van der Waals surface area (Å²) in [6.07, 6.45) is 0.900. The van der Waals surface area contributed by atoms with Gasteiger partial charge in [-0.25, -0.2) is 0 Å². The van der Waals surface area contributed by atoms with Crippen LogP contribution < -0.4 is 10.5 Å². The van der Waals surface area contributed by atoms with Crippen LogP contribution in [0.15, 0.2) is 18.2 Å². The summed E-state index contributed by atoms with van der Waals surface area (Å²) >= 11 is 1.35. The molecule has 0 aliphatic rings. The van der Waals surface area contributed by atoms with Crippen LogP contribution in [0, 0.1) is 19.3 Å². The van der Waals surface area contributed by atoms with Crippen molar-refractivity contribution in [2.75, 3.05) is 12.4 Å². The molecule has 1 aromatic carbocycles. The molecule has 0 bridgehead atoms. The summed E-state index contributed by atoms with van der Waals surface area (Å²) in [5.74, 6) is 1.75. The second-order valence-electron chi connectivity index (χ2n) is 3.66. The number of hydrogen-bond acceptors (Lipinski definition) is 3. The van der Waals surface area contributed by atoms with Crippen LogP contribution in [0.1, 0.15) is 17.5 Å². The number of benzene rings is 1. The Kier molecular flexibility index (Phi) is 5.19. The van der Waals surface area contributed by atoms with E-state index in [0.717, 1.165) is 17.9 Å². The van der Waals surface area contributed by atoms with E-state index in [1.807, 2.05) is 12.1 Å². The zero-order valence-electron chi connectivity index (χ0n) is 9.75. The van der Waals surface area contributed by atoms with Gasteiger partial charge < -0.3 is 10.5 Å². The maximum atomic E-state index is 7.05. The number of amidine groups is 1. The maximum absolute atomic E-state index is 7.05. The van der Waals surface area contributed by atoms with E-state index in [1.54, 1.807) is 0 Å². The van der Waals surface area contributed by atoms with Crippen molar-refractivity contribution in [2.24, 2.45) is 5.73 Å². The average molecular weight is 238 g/mol. The summed E-state index contributed by atoms with van der Waals surface area (Å²) in [4.78, 5) is 0. The van der Waals surface area contributed by atoms with Crippen molar-refractivity contribution < 1.29 is 4.74 Å². The third-order valence-corrected chi connectivity index (χ3v) is 3.10. The van der Waals surface area contributed by atoms with Crippen molar-refractivity contribution >= 4 is 16.9 Å².